The van der Waals surface area contributed by atoms with Crippen molar-refractivity contribution in [1.29, 1.82) is 4.78 Å². The molecule has 0 aromatic carbocycles. The summed E-state index contributed by atoms with van der Waals surface area (Å²) in [6, 6.07) is 6.72. The average Bonchev–Trinajstić information content (AvgIpc) is 2.38. The second kappa shape index (κ2) is 4.97. The van der Waals surface area contributed by atoms with E-state index in [1.165, 1.54) is 13.3 Å². The van der Waals surface area contributed by atoms with E-state index in [1.807, 2.05) is 13.8 Å². The van der Waals surface area contributed by atoms with Gasteiger partial charge in [-0.15, -0.1) is 0 Å². The van der Waals surface area contributed by atoms with Crippen molar-refractivity contribution in [3.05, 3.63) is 41.9 Å². The van der Waals surface area contributed by atoms with Crippen LogP contribution in [0.3, 0.4) is 0 Å². The van der Waals surface area contributed by atoms with Crippen molar-refractivity contribution in [2.45, 2.75) is 23.6 Å². The molecule has 1 N–H and O–H groups in total. The molecule has 6 heteroatoms. The number of hydrogen-bond donors (Lipinski definition) is 1. The monoisotopic (exact) mass is 277 g/mol. The third-order valence-corrected chi connectivity index (χ3v) is 4.52. The highest BCUT2D eigenvalue weighted by atomic mass is 32.2. The van der Waals surface area contributed by atoms with Crippen LogP contribution in [0.5, 0.6) is 5.88 Å². The van der Waals surface area contributed by atoms with Crippen molar-refractivity contribution in [3.63, 3.8) is 0 Å². The van der Waals surface area contributed by atoms with Crippen molar-refractivity contribution in [2.24, 2.45) is 0 Å². The van der Waals surface area contributed by atoms with Gasteiger partial charge in [0.05, 0.1) is 12.0 Å². The van der Waals surface area contributed by atoms with Gasteiger partial charge in [0.25, 0.3) is 0 Å². The molecule has 0 radical (unpaired) electrons. The number of rotatable bonds is 3. The van der Waals surface area contributed by atoms with Crippen LogP contribution in [-0.4, -0.2) is 21.3 Å². The van der Waals surface area contributed by atoms with E-state index in [1.54, 1.807) is 24.3 Å². The van der Waals surface area contributed by atoms with E-state index in [0.717, 1.165) is 11.4 Å². The third kappa shape index (κ3) is 2.58. The quantitative estimate of drug-likeness (QED) is 0.935. The summed E-state index contributed by atoms with van der Waals surface area (Å²) in [7, 11) is -1.71. The highest BCUT2D eigenvalue weighted by molar-refractivity contribution is 7.92. The standard InChI is InChI=1S/C13H15N3O2S/c1-9-4-6-11(8-15-9)19(14,17)12-7-5-10(2)16-13(12)18-3/h4-8,14H,1-3H3/t19-/m0/s1. The van der Waals surface area contributed by atoms with Crippen LogP contribution in [0.25, 0.3) is 0 Å². The molecule has 2 rings (SSSR count). The minimum absolute atomic E-state index is 0.223. The van der Waals surface area contributed by atoms with Crippen LogP contribution >= 0.6 is 0 Å². The van der Waals surface area contributed by atoms with Gasteiger partial charge in [0, 0.05) is 17.6 Å². The van der Waals surface area contributed by atoms with E-state index in [2.05, 4.69) is 9.97 Å². The second-order valence-corrected chi connectivity index (χ2v) is 6.18. The van der Waals surface area contributed by atoms with E-state index in [-0.39, 0.29) is 10.8 Å². The summed E-state index contributed by atoms with van der Waals surface area (Å²) in [5.41, 5.74) is 1.56. The molecule has 0 fully saturated rings. The summed E-state index contributed by atoms with van der Waals surface area (Å²) >= 11 is 0. The van der Waals surface area contributed by atoms with Gasteiger partial charge in [-0.05, 0) is 38.1 Å². The number of aromatic nitrogens is 2. The van der Waals surface area contributed by atoms with Crippen LogP contribution in [0, 0.1) is 18.6 Å². The molecule has 0 unspecified atom stereocenters. The highest BCUT2D eigenvalue weighted by Crippen LogP contribution is 2.28. The molecule has 0 aliphatic heterocycles. The molecule has 2 heterocycles. The molecule has 0 bridgehead atoms. The van der Waals surface area contributed by atoms with E-state index in [9.17, 15) is 4.21 Å². The Hall–Kier alpha value is -1.95. The third-order valence-electron chi connectivity index (χ3n) is 2.68. The zero-order chi connectivity index (χ0) is 14.0. The number of nitrogens with zero attached hydrogens (tertiary/aromatic N) is 2. The summed E-state index contributed by atoms with van der Waals surface area (Å²) in [6.07, 6.45) is 1.46. The molecule has 0 saturated carbocycles. The number of nitrogens with one attached hydrogen (secondary N) is 1. The first-order valence-corrected chi connectivity index (χ1v) is 7.24. The Balaban J connectivity index is 2.59. The molecule has 0 spiro atoms. The summed E-state index contributed by atoms with van der Waals surface area (Å²) in [4.78, 5) is 8.86. The molecule has 0 saturated heterocycles. The van der Waals surface area contributed by atoms with Gasteiger partial charge < -0.3 is 4.74 Å². The fraction of sp³-hybridized carbons (Fsp3) is 0.231. The Morgan fingerprint density at radius 3 is 2.42 bits per heavy atom. The fourth-order valence-corrected chi connectivity index (χ4v) is 2.99. The van der Waals surface area contributed by atoms with Gasteiger partial charge >= 0.3 is 0 Å². The minimum atomic E-state index is -3.17. The number of methoxy groups -OCH3 is 1. The fourth-order valence-electron chi connectivity index (χ4n) is 1.64. The zero-order valence-corrected chi connectivity index (χ0v) is 11.8. The second-order valence-electron chi connectivity index (χ2n) is 4.15. The number of ether oxygens (including phenoxy) is 1. The average molecular weight is 277 g/mol. The lowest BCUT2D eigenvalue weighted by atomic mass is 10.4. The summed E-state index contributed by atoms with van der Waals surface area (Å²) < 4.78 is 26.0. The molecule has 1 atom stereocenters. The smallest absolute Gasteiger partial charge is 0.231 e. The molecule has 0 amide bonds. The zero-order valence-electron chi connectivity index (χ0n) is 11.0. The van der Waals surface area contributed by atoms with Gasteiger partial charge in [0.1, 0.15) is 14.6 Å². The van der Waals surface area contributed by atoms with Crippen molar-refractivity contribution in [3.8, 4) is 5.88 Å². The van der Waals surface area contributed by atoms with E-state index in [4.69, 9.17) is 9.52 Å². The molecule has 5 nitrogen and oxygen atoms in total. The predicted molar refractivity (Wildman–Crippen MR) is 71.9 cm³/mol. The Labute approximate surface area is 112 Å². The lowest BCUT2D eigenvalue weighted by Gasteiger charge is -2.11. The van der Waals surface area contributed by atoms with E-state index in [0.29, 0.717) is 4.90 Å². The van der Waals surface area contributed by atoms with Crippen LogP contribution in [0.2, 0.25) is 0 Å². The number of hydrogen-bond acceptors (Lipinski definition) is 5. The normalized spacial score (nSPS) is 13.8. The maximum Gasteiger partial charge on any atom is 0.231 e. The Morgan fingerprint density at radius 1 is 1.16 bits per heavy atom. The molecular weight excluding hydrogens is 262 g/mol. The van der Waals surface area contributed by atoms with Crippen LogP contribution in [-0.2, 0) is 9.73 Å². The maximum absolute atomic E-state index is 12.7. The molecule has 2 aromatic heterocycles. The lowest BCUT2D eigenvalue weighted by molar-refractivity contribution is 0.385. The summed E-state index contributed by atoms with van der Waals surface area (Å²) in [5.74, 6) is 0.223. The minimum Gasteiger partial charge on any atom is -0.480 e. The summed E-state index contributed by atoms with van der Waals surface area (Å²) in [5, 5.41) is 0. The number of aryl methyl sites for hydroxylation is 2. The first kappa shape index (κ1) is 13.5. The Morgan fingerprint density at radius 2 is 1.84 bits per heavy atom. The largest absolute Gasteiger partial charge is 0.480 e. The van der Waals surface area contributed by atoms with Gasteiger partial charge in [-0.25, -0.2) is 14.0 Å². The van der Waals surface area contributed by atoms with Gasteiger partial charge in [-0.1, -0.05) is 0 Å². The molecule has 19 heavy (non-hydrogen) atoms. The van der Waals surface area contributed by atoms with Crippen molar-refractivity contribution in [2.75, 3.05) is 7.11 Å². The van der Waals surface area contributed by atoms with Crippen molar-refractivity contribution >= 4 is 9.73 Å². The van der Waals surface area contributed by atoms with Crippen LogP contribution in [0.4, 0.5) is 0 Å². The van der Waals surface area contributed by atoms with Crippen LogP contribution in [0.15, 0.2) is 40.3 Å². The topological polar surface area (TPSA) is 75.9 Å². The first-order valence-electron chi connectivity index (χ1n) is 5.68. The first-order chi connectivity index (χ1) is 8.95. The van der Waals surface area contributed by atoms with Gasteiger partial charge in [0.15, 0.2) is 0 Å². The Kier molecular flexibility index (Phi) is 3.53. The molecular formula is C13H15N3O2S. The molecule has 100 valence electrons. The van der Waals surface area contributed by atoms with Crippen molar-refractivity contribution < 1.29 is 8.95 Å². The lowest BCUT2D eigenvalue weighted by Crippen LogP contribution is -2.05. The predicted octanol–water partition coefficient (Wildman–Crippen LogP) is 2.57. The Bertz CT molecular complexity index is 694. The van der Waals surface area contributed by atoms with Gasteiger partial charge in [-0.3, -0.25) is 4.98 Å². The van der Waals surface area contributed by atoms with E-state index >= 15 is 0 Å². The molecule has 0 aliphatic rings. The SMILES string of the molecule is COc1nc(C)ccc1[S@@](=N)(=O)c1ccc(C)nc1. The molecule has 2 aromatic rings. The maximum atomic E-state index is 12.7. The highest BCUT2D eigenvalue weighted by Gasteiger charge is 2.19. The van der Waals surface area contributed by atoms with E-state index < -0.39 is 9.73 Å². The van der Waals surface area contributed by atoms with Gasteiger partial charge in [0.2, 0.25) is 5.88 Å². The van der Waals surface area contributed by atoms with Gasteiger partial charge in [-0.2, -0.15) is 0 Å². The van der Waals surface area contributed by atoms with Crippen LogP contribution < -0.4 is 4.74 Å². The molecule has 0 aliphatic carbocycles. The van der Waals surface area contributed by atoms with Crippen molar-refractivity contribution in [1.82, 2.24) is 9.97 Å². The summed E-state index contributed by atoms with van der Waals surface area (Å²) in [6.45, 7) is 3.65. The van der Waals surface area contributed by atoms with Crippen LogP contribution in [0.1, 0.15) is 11.4 Å². The number of pyridine rings is 2.